The summed E-state index contributed by atoms with van der Waals surface area (Å²) in [7, 11) is 0. The summed E-state index contributed by atoms with van der Waals surface area (Å²) >= 11 is 3.43. The van der Waals surface area contributed by atoms with Crippen LogP contribution in [-0.2, 0) is 14.4 Å². The van der Waals surface area contributed by atoms with Crippen molar-refractivity contribution in [3.63, 3.8) is 0 Å². The molecule has 1 fully saturated rings. The van der Waals surface area contributed by atoms with Crippen LogP contribution in [0.1, 0.15) is 23.6 Å². The average molecular weight is 602 g/mol. The summed E-state index contributed by atoms with van der Waals surface area (Å²) in [6, 6.07) is 19.7. The number of hydrogen-bond donors (Lipinski definition) is 0. The van der Waals surface area contributed by atoms with Crippen molar-refractivity contribution in [2.75, 3.05) is 11.4 Å². The monoisotopic (exact) mass is 601 g/mol. The number of rotatable bonds is 6. The standard InChI is InChI=1S/C27H20BrN7O5/c28-18-8-6-16(7-9-18)21-14-22(17-4-2-1-3-5-17)34(30-21)23(36)15-32-25-24(29-31-32)26(37)33(27(25)38)19-10-12-20(13-11-19)35(39)40/h1-13,22,24-25H,14-15H2/t22-,24+,25-/m1/s1. The molecule has 40 heavy (non-hydrogen) atoms. The summed E-state index contributed by atoms with van der Waals surface area (Å²) in [5.74, 6) is -1.63. The summed E-state index contributed by atoms with van der Waals surface area (Å²) in [5, 5.41) is 26.2. The van der Waals surface area contributed by atoms with E-state index in [4.69, 9.17) is 0 Å². The smallest absolute Gasteiger partial charge is 0.269 e. The molecule has 3 heterocycles. The van der Waals surface area contributed by atoms with Gasteiger partial charge in [0.2, 0.25) is 0 Å². The van der Waals surface area contributed by atoms with Crippen LogP contribution in [0.3, 0.4) is 0 Å². The van der Waals surface area contributed by atoms with Gasteiger partial charge in [-0.1, -0.05) is 63.6 Å². The summed E-state index contributed by atoms with van der Waals surface area (Å²) in [5.41, 5.74) is 2.55. The lowest BCUT2D eigenvalue weighted by Gasteiger charge is -2.25. The van der Waals surface area contributed by atoms with E-state index in [2.05, 4.69) is 31.4 Å². The number of halogens is 1. The molecule has 0 bridgehead atoms. The lowest BCUT2D eigenvalue weighted by atomic mass is 9.98. The van der Waals surface area contributed by atoms with Crippen LogP contribution in [0, 0.1) is 10.1 Å². The van der Waals surface area contributed by atoms with Crippen LogP contribution in [0.2, 0.25) is 0 Å². The zero-order chi connectivity index (χ0) is 28.0. The van der Waals surface area contributed by atoms with Crippen LogP contribution in [0.25, 0.3) is 0 Å². The molecule has 0 radical (unpaired) electrons. The van der Waals surface area contributed by atoms with Crippen molar-refractivity contribution in [3.8, 4) is 0 Å². The molecule has 1 saturated heterocycles. The summed E-state index contributed by atoms with van der Waals surface area (Å²) in [6.07, 6.45) is 0.496. The molecule has 3 aliphatic rings. The molecule has 0 N–H and O–H groups in total. The molecular formula is C27H20BrN7O5. The molecule has 0 spiro atoms. The van der Waals surface area contributed by atoms with Gasteiger partial charge in [-0.05, 0) is 35.4 Å². The third kappa shape index (κ3) is 4.43. The number of amides is 3. The number of benzene rings is 3. The van der Waals surface area contributed by atoms with Gasteiger partial charge in [-0.15, -0.1) is 0 Å². The van der Waals surface area contributed by atoms with Gasteiger partial charge in [0.15, 0.2) is 12.1 Å². The highest BCUT2D eigenvalue weighted by Gasteiger charge is 2.55. The Hall–Kier alpha value is -4.78. The first-order chi connectivity index (χ1) is 19.3. The van der Waals surface area contributed by atoms with Gasteiger partial charge in [0.1, 0.15) is 6.54 Å². The Bertz CT molecular complexity index is 1580. The SMILES string of the molecule is O=C1[C@H]2N=NN(CC(=O)N3N=C(c4ccc(Br)cc4)C[C@@H]3c3ccccc3)[C@H]2C(=O)N1c1ccc([N+](=O)[O-])cc1. The number of carbonyl (C=O) groups excluding carboxylic acids is 3. The first-order valence-electron chi connectivity index (χ1n) is 12.3. The zero-order valence-electron chi connectivity index (χ0n) is 20.7. The van der Waals surface area contributed by atoms with Gasteiger partial charge in [0, 0.05) is 23.0 Å². The second-order valence-corrected chi connectivity index (χ2v) is 10.3. The third-order valence-corrected chi connectivity index (χ3v) is 7.53. The molecule has 13 heteroatoms. The van der Waals surface area contributed by atoms with E-state index in [1.807, 2.05) is 54.6 Å². The average Bonchev–Trinajstić information content (AvgIpc) is 3.65. The normalized spacial score (nSPS) is 21.7. The van der Waals surface area contributed by atoms with Crippen LogP contribution in [0.15, 0.2) is 98.8 Å². The van der Waals surface area contributed by atoms with E-state index >= 15 is 0 Å². The summed E-state index contributed by atoms with van der Waals surface area (Å²) in [6.45, 7) is -0.321. The molecule has 3 aromatic carbocycles. The molecule has 12 nitrogen and oxygen atoms in total. The molecule has 0 unspecified atom stereocenters. The highest BCUT2D eigenvalue weighted by atomic mass is 79.9. The van der Waals surface area contributed by atoms with E-state index in [0.29, 0.717) is 6.42 Å². The number of nitro groups is 1. The fourth-order valence-corrected chi connectivity index (χ4v) is 5.30. The number of nitro benzene ring substituents is 1. The lowest BCUT2D eigenvalue weighted by molar-refractivity contribution is -0.384. The van der Waals surface area contributed by atoms with Crippen molar-refractivity contribution in [1.82, 2.24) is 10.0 Å². The number of carbonyl (C=O) groups is 3. The van der Waals surface area contributed by atoms with Crippen LogP contribution in [0.5, 0.6) is 0 Å². The van der Waals surface area contributed by atoms with Crippen LogP contribution in [0.4, 0.5) is 11.4 Å². The number of hydrogen-bond acceptors (Lipinski definition) is 9. The largest absolute Gasteiger partial charge is 0.271 e. The predicted molar refractivity (Wildman–Crippen MR) is 146 cm³/mol. The maximum Gasteiger partial charge on any atom is 0.269 e. The highest BCUT2D eigenvalue weighted by molar-refractivity contribution is 9.10. The Kier molecular flexibility index (Phi) is 6.42. The first-order valence-corrected chi connectivity index (χ1v) is 13.1. The van der Waals surface area contributed by atoms with Crippen LogP contribution < -0.4 is 4.90 Å². The van der Waals surface area contributed by atoms with E-state index in [1.54, 1.807) is 0 Å². The Labute approximate surface area is 235 Å². The Morgan fingerprint density at radius 1 is 0.975 bits per heavy atom. The minimum Gasteiger partial charge on any atom is -0.271 e. The maximum absolute atomic E-state index is 13.6. The van der Waals surface area contributed by atoms with Gasteiger partial charge in [0.25, 0.3) is 23.4 Å². The first kappa shape index (κ1) is 25.5. The Morgan fingerprint density at radius 3 is 2.35 bits per heavy atom. The van der Waals surface area contributed by atoms with Crippen LogP contribution >= 0.6 is 15.9 Å². The number of imide groups is 1. The minimum atomic E-state index is -1.11. The van der Waals surface area contributed by atoms with Crippen molar-refractivity contribution in [2.24, 2.45) is 15.4 Å². The Balaban J connectivity index is 1.24. The molecule has 6 rings (SSSR count). The van der Waals surface area contributed by atoms with E-state index < -0.39 is 34.7 Å². The minimum absolute atomic E-state index is 0.170. The molecule has 3 amide bonds. The van der Waals surface area contributed by atoms with Gasteiger partial charge < -0.3 is 0 Å². The number of non-ortho nitro benzene ring substituents is 1. The van der Waals surface area contributed by atoms with Gasteiger partial charge in [-0.25, -0.2) is 9.91 Å². The van der Waals surface area contributed by atoms with Crippen molar-refractivity contribution in [1.29, 1.82) is 0 Å². The quantitative estimate of drug-likeness (QED) is 0.237. The Morgan fingerprint density at radius 2 is 1.68 bits per heavy atom. The van der Waals surface area contributed by atoms with E-state index in [0.717, 1.165) is 26.2 Å². The van der Waals surface area contributed by atoms with Crippen LogP contribution in [-0.4, -0.2) is 57.0 Å². The van der Waals surface area contributed by atoms with Gasteiger partial charge in [-0.3, -0.25) is 29.5 Å². The second-order valence-electron chi connectivity index (χ2n) is 9.40. The molecule has 3 aromatic rings. The number of nitrogens with zero attached hydrogens (tertiary/aromatic N) is 7. The zero-order valence-corrected chi connectivity index (χ0v) is 22.3. The van der Waals surface area contributed by atoms with Gasteiger partial charge in [-0.2, -0.15) is 10.2 Å². The molecule has 3 atom stereocenters. The van der Waals surface area contributed by atoms with Crippen molar-refractivity contribution in [3.05, 3.63) is 105 Å². The van der Waals surface area contributed by atoms with Gasteiger partial charge >= 0.3 is 0 Å². The molecule has 0 aromatic heterocycles. The van der Waals surface area contributed by atoms with Crippen molar-refractivity contribution < 1.29 is 19.3 Å². The molecule has 3 aliphatic heterocycles. The predicted octanol–water partition coefficient (Wildman–Crippen LogP) is 4.03. The number of fused-ring (bicyclic) bond motifs is 1. The molecule has 0 aliphatic carbocycles. The van der Waals surface area contributed by atoms with E-state index in [-0.39, 0.29) is 24.0 Å². The summed E-state index contributed by atoms with van der Waals surface area (Å²) < 4.78 is 0.926. The van der Waals surface area contributed by atoms with Crippen molar-refractivity contribution in [2.45, 2.75) is 24.5 Å². The maximum atomic E-state index is 13.6. The molecule has 0 saturated carbocycles. The lowest BCUT2D eigenvalue weighted by Crippen LogP contribution is -2.44. The number of anilines is 1. The third-order valence-electron chi connectivity index (χ3n) is 7.00. The second kappa shape index (κ2) is 10.1. The fraction of sp³-hybridized carbons (Fsp3) is 0.185. The molecular weight excluding hydrogens is 582 g/mol. The van der Waals surface area contributed by atoms with E-state index in [9.17, 15) is 24.5 Å². The summed E-state index contributed by atoms with van der Waals surface area (Å²) in [4.78, 5) is 51.4. The van der Waals surface area contributed by atoms with Gasteiger partial charge in [0.05, 0.1) is 22.4 Å². The van der Waals surface area contributed by atoms with E-state index in [1.165, 1.54) is 34.3 Å². The topological polar surface area (TPSA) is 141 Å². The fourth-order valence-electron chi connectivity index (χ4n) is 5.03. The molecule has 200 valence electrons. The van der Waals surface area contributed by atoms with Crippen molar-refractivity contribution >= 4 is 50.7 Å². The number of hydrazone groups is 1. The highest BCUT2D eigenvalue weighted by Crippen LogP contribution is 2.35.